The average molecular weight is 263 g/mol. The molecule has 1 aromatic heterocycles. The molecule has 0 spiro atoms. The molecule has 1 aliphatic rings. The van der Waals surface area contributed by atoms with Gasteiger partial charge >= 0.3 is 6.01 Å². The Morgan fingerprint density at radius 2 is 2.00 bits per heavy atom. The Hall–Kier alpha value is -1.16. The highest BCUT2D eigenvalue weighted by molar-refractivity contribution is 5.15. The van der Waals surface area contributed by atoms with Crippen LogP contribution in [0.25, 0.3) is 0 Å². The van der Waals surface area contributed by atoms with Crippen LogP contribution in [0.4, 0.5) is 0 Å². The Labute approximate surface area is 116 Å². The number of hydrogen-bond acceptors (Lipinski definition) is 4. The molecule has 0 aromatic carbocycles. The van der Waals surface area contributed by atoms with Crippen LogP contribution in [0.15, 0.2) is 6.07 Å². The fourth-order valence-electron chi connectivity index (χ4n) is 2.62. The predicted octanol–water partition coefficient (Wildman–Crippen LogP) is 2.82. The molecule has 1 fully saturated rings. The topological polar surface area (TPSA) is 47.0 Å². The van der Waals surface area contributed by atoms with Crippen molar-refractivity contribution in [1.29, 1.82) is 0 Å². The van der Waals surface area contributed by atoms with E-state index < -0.39 is 0 Å². The molecule has 2 unspecified atom stereocenters. The first-order chi connectivity index (χ1) is 9.10. The second-order valence-corrected chi connectivity index (χ2v) is 5.71. The van der Waals surface area contributed by atoms with Crippen molar-refractivity contribution < 1.29 is 4.74 Å². The minimum absolute atomic E-state index is 0.195. The first kappa shape index (κ1) is 14.3. The molecule has 1 aromatic rings. The number of likely N-dealkylation sites (N-methyl/N-ethyl adjacent to an activating group) is 1. The summed E-state index contributed by atoms with van der Waals surface area (Å²) in [6.07, 6.45) is 4.95. The number of nitrogens with zero attached hydrogens (tertiary/aromatic N) is 2. The maximum atomic E-state index is 6.05. The van der Waals surface area contributed by atoms with Gasteiger partial charge in [-0.05, 0) is 45.2 Å². The van der Waals surface area contributed by atoms with Gasteiger partial charge in [-0.15, -0.1) is 0 Å². The van der Waals surface area contributed by atoms with Gasteiger partial charge in [0, 0.05) is 11.7 Å². The molecule has 106 valence electrons. The number of hydrogen-bond donors (Lipinski definition) is 1. The Balaban J connectivity index is 2.13. The van der Waals surface area contributed by atoms with Crippen molar-refractivity contribution in [3.8, 4) is 6.01 Å². The maximum absolute atomic E-state index is 6.05. The lowest BCUT2D eigenvalue weighted by Crippen LogP contribution is -2.43. The van der Waals surface area contributed by atoms with Gasteiger partial charge in [-0.2, -0.15) is 4.98 Å². The SMILES string of the molecule is CNC1CCCCC1Oc1nc(C)cc(C(C)C)n1. The zero-order valence-corrected chi connectivity index (χ0v) is 12.4. The van der Waals surface area contributed by atoms with Crippen LogP contribution >= 0.6 is 0 Å². The van der Waals surface area contributed by atoms with Crippen LogP contribution in [-0.2, 0) is 0 Å². The fraction of sp³-hybridized carbons (Fsp3) is 0.733. The van der Waals surface area contributed by atoms with Crippen molar-refractivity contribution in [2.24, 2.45) is 0 Å². The zero-order valence-electron chi connectivity index (χ0n) is 12.4. The summed E-state index contributed by atoms with van der Waals surface area (Å²) >= 11 is 0. The second-order valence-electron chi connectivity index (χ2n) is 5.71. The van der Waals surface area contributed by atoms with Crippen LogP contribution in [0.3, 0.4) is 0 Å². The summed E-state index contributed by atoms with van der Waals surface area (Å²) < 4.78 is 6.05. The third-order valence-corrected chi connectivity index (χ3v) is 3.78. The number of aryl methyl sites for hydroxylation is 1. The molecule has 0 bridgehead atoms. The lowest BCUT2D eigenvalue weighted by molar-refractivity contribution is 0.107. The standard InChI is InChI=1S/C15H25N3O/c1-10(2)13-9-11(3)17-15(18-13)19-14-8-6-5-7-12(14)16-4/h9-10,12,14,16H,5-8H2,1-4H3. The average Bonchev–Trinajstić information content (AvgIpc) is 2.38. The van der Waals surface area contributed by atoms with Crippen LogP contribution in [0.2, 0.25) is 0 Å². The summed E-state index contributed by atoms with van der Waals surface area (Å²) in [6, 6.07) is 2.99. The Bertz CT molecular complexity index is 420. The number of aromatic nitrogens is 2. The second kappa shape index (κ2) is 6.33. The molecule has 0 saturated heterocycles. The molecule has 1 saturated carbocycles. The minimum atomic E-state index is 0.195. The minimum Gasteiger partial charge on any atom is -0.458 e. The highest BCUT2D eigenvalue weighted by Gasteiger charge is 2.26. The van der Waals surface area contributed by atoms with Gasteiger partial charge in [0.1, 0.15) is 6.10 Å². The summed E-state index contributed by atoms with van der Waals surface area (Å²) in [6.45, 7) is 6.28. The van der Waals surface area contributed by atoms with Crippen molar-refractivity contribution in [1.82, 2.24) is 15.3 Å². The first-order valence-corrected chi connectivity index (χ1v) is 7.29. The lowest BCUT2D eigenvalue weighted by atomic mass is 9.92. The third-order valence-electron chi connectivity index (χ3n) is 3.78. The van der Waals surface area contributed by atoms with Crippen LogP contribution in [0.5, 0.6) is 6.01 Å². The molecule has 0 aliphatic heterocycles. The highest BCUT2D eigenvalue weighted by atomic mass is 16.5. The van der Waals surface area contributed by atoms with Gasteiger partial charge in [0.25, 0.3) is 0 Å². The van der Waals surface area contributed by atoms with Gasteiger partial charge < -0.3 is 10.1 Å². The van der Waals surface area contributed by atoms with Crippen molar-refractivity contribution in [2.75, 3.05) is 7.05 Å². The van der Waals surface area contributed by atoms with Crippen molar-refractivity contribution in [2.45, 2.75) is 64.5 Å². The van der Waals surface area contributed by atoms with E-state index in [9.17, 15) is 0 Å². The fourth-order valence-corrected chi connectivity index (χ4v) is 2.62. The van der Waals surface area contributed by atoms with Crippen LogP contribution < -0.4 is 10.1 Å². The summed E-state index contributed by atoms with van der Waals surface area (Å²) in [5.74, 6) is 0.399. The van der Waals surface area contributed by atoms with Crippen molar-refractivity contribution in [3.63, 3.8) is 0 Å². The molecule has 0 radical (unpaired) electrons. The smallest absolute Gasteiger partial charge is 0.317 e. The van der Waals surface area contributed by atoms with E-state index in [1.54, 1.807) is 0 Å². The van der Waals surface area contributed by atoms with E-state index in [0.29, 0.717) is 18.0 Å². The summed E-state index contributed by atoms with van der Waals surface area (Å²) in [4.78, 5) is 8.95. The van der Waals surface area contributed by atoms with E-state index in [1.165, 1.54) is 19.3 Å². The normalized spacial score (nSPS) is 23.6. The Morgan fingerprint density at radius 3 is 2.68 bits per heavy atom. The molecule has 1 N–H and O–H groups in total. The quantitative estimate of drug-likeness (QED) is 0.907. The van der Waals surface area contributed by atoms with E-state index in [-0.39, 0.29) is 6.10 Å². The van der Waals surface area contributed by atoms with Crippen LogP contribution in [-0.4, -0.2) is 29.2 Å². The molecule has 2 rings (SSSR count). The Morgan fingerprint density at radius 1 is 1.26 bits per heavy atom. The van der Waals surface area contributed by atoms with E-state index in [2.05, 4.69) is 29.1 Å². The van der Waals surface area contributed by atoms with E-state index in [1.807, 2.05) is 20.0 Å². The van der Waals surface area contributed by atoms with E-state index in [4.69, 9.17) is 4.74 Å². The Kier molecular flexibility index (Phi) is 4.75. The molecular weight excluding hydrogens is 238 g/mol. The largest absolute Gasteiger partial charge is 0.458 e. The van der Waals surface area contributed by atoms with E-state index in [0.717, 1.165) is 17.8 Å². The van der Waals surface area contributed by atoms with Gasteiger partial charge in [-0.3, -0.25) is 0 Å². The van der Waals surface area contributed by atoms with Gasteiger partial charge in [0.05, 0.1) is 5.69 Å². The van der Waals surface area contributed by atoms with Crippen molar-refractivity contribution >= 4 is 0 Å². The van der Waals surface area contributed by atoms with Crippen LogP contribution in [0.1, 0.15) is 56.8 Å². The molecule has 1 heterocycles. The number of rotatable bonds is 4. The van der Waals surface area contributed by atoms with Gasteiger partial charge in [0.2, 0.25) is 0 Å². The monoisotopic (exact) mass is 263 g/mol. The molecule has 2 atom stereocenters. The predicted molar refractivity (Wildman–Crippen MR) is 76.6 cm³/mol. The van der Waals surface area contributed by atoms with E-state index >= 15 is 0 Å². The zero-order chi connectivity index (χ0) is 13.8. The van der Waals surface area contributed by atoms with Gasteiger partial charge in [-0.25, -0.2) is 4.98 Å². The first-order valence-electron chi connectivity index (χ1n) is 7.29. The molecule has 4 nitrogen and oxygen atoms in total. The lowest BCUT2D eigenvalue weighted by Gasteiger charge is -2.30. The molecule has 19 heavy (non-hydrogen) atoms. The molecule has 1 aliphatic carbocycles. The molecular formula is C15H25N3O. The summed E-state index contributed by atoms with van der Waals surface area (Å²) in [5.41, 5.74) is 2.03. The molecule has 0 amide bonds. The number of ether oxygens (including phenoxy) is 1. The highest BCUT2D eigenvalue weighted by Crippen LogP contribution is 2.23. The number of nitrogens with one attached hydrogen (secondary N) is 1. The summed E-state index contributed by atoms with van der Waals surface area (Å²) in [7, 11) is 2.00. The third kappa shape index (κ3) is 3.66. The van der Waals surface area contributed by atoms with Gasteiger partial charge in [-0.1, -0.05) is 20.3 Å². The van der Waals surface area contributed by atoms with Crippen molar-refractivity contribution in [3.05, 3.63) is 17.5 Å². The van der Waals surface area contributed by atoms with Crippen LogP contribution in [0, 0.1) is 6.92 Å². The summed E-state index contributed by atoms with van der Waals surface area (Å²) in [5, 5.41) is 3.35. The maximum Gasteiger partial charge on any atom is 0.317 e. The van der Waals surface area contributed by atoms with Gasteiger partial charge in [0.15, 0.2) is 0 Å². The molecule has 4 heteroatoms.